The van der Waals surface area contributed by atoms with E-state index in [9.17, 15) is 24.3 Å². The molecule has 3 fully saturated rings. The van der Waals surface area contributed by atoms with Crippen molar-refractivity contribution in [2.24, 2.45) is 11.8 Å². The molecule has 0 aromatic heterocycles. The number of rotatable bonds is 15. The van der Waals surface area contributed by atoms with Crippen molar-refractivity contribution in [2.75, 3.05) is 24.6 Å². The minimum absolute atomic E-state index is 0.118. The van der Waals surface area contributed by atoms with Gasteiger partial charge in [0.2, 0.25) is 11.8 Å². The van der Waals surface area contributed by atoms with Crippen LogP contribution in [0.3, 0.4) is 0 Å². The first-order valence-corrected chi connectivity index (χ1v) is 16.8. The van der Waals surface area contributed by atoms with Gasteiger partial charge in [0.15, 0.2) is 0 Å². The fourth-order valence-electron chi connectivity index (χ4n) is 7.66. The first-order chi connectivity index (χ1) is 23.1. The largest absolute Gasteiger partial charge is 0.460 e. The smallest absolute Gasteiger partial charge is 0.312 e. The molecule has 3 heterocycles. The second kappa shape index (κ2) is 14.9. The summed E-state index contributed by atoms with van der Waals surface area (Å²) >= 11 is 0. The number of benzene rings is 2. The molecule has 3 amide bonds. The second-order valence-corrected chi connectivity index (χ2v) is 13.2. The molecular formula is C38H47N3O7. The number of carbonyl (C=O) groups excluding carboxylic acids is 4. The number of nitrogens with one attached hydrogen (secondary N) is 1. The summed E-state index contributed by atoms with van der Waals surface area (Å²) in [5.41, 5.74) is 2.16. The van der Waals surface area contributed by atoms with Gasteiger partial charge in [0.25, 0.3) is 5.91 Å². The summed E-state index contributed by atoms with van der Waals surface area (Å²) in [4.78, 5) is 58.8. The van der Waals surface area contributed by atoms with Crippen molar-refractivity contribution in [3.63, 3.8) is 0 Å². The van der Waals surface area contributed by atoms with Gasteiger partial charge < -0.3 is 29.7 Å². The topological polar surface area (TPSA) is 125 Å². The van der Waals surface area contributed by atoms with E-state index >= 15 is 0 Å². The van der Waals surface area contributed by atoms with Gasteiger partial charge in [-0.1, -0.05) is 54.6 Å². The minimum Gasteiger partial charge on any atom is -0.460 e. The molecule has 10 nitrogen and oxygen atoms in total. The maximum absolute atomic E-state index is 15.0. The summed E-state index contributed by atoms with van der Waals surface area (Å²) in [5, 5.41) is 13.5. The number of aliphatic hydroxyl groups excluding tert-OH is 1. The number of allylic oxidation sites excluding steroid dienone is 1. The third-order valence-electron chi connectivity index (χ3n) is 9.88. The van der Waals surface area contributed by atoms with E-state index in [1.54, 1.807) is 24.0 Å². The molecule has 0 unspecified atom stereocenters. The van der Waals surface area contributed by atoms with Gasteiger partial charge in [-0.2, -0.15) is 0 Å². The van der Waals surface area contributed by atoms with Crippen molar-refractivity contribution in [3.8, 4) is 0 Å². The summed E-state index contributed by atoms with van der Waals surface area (Å²) in [6, 6.07) is 13.5. The molecule has 3 saturated heterocycles. The number of carbonyl (C=O) groups is 4. The molecule has 2 N–H and O–H groups in total. The number of anilines is 1. The Morgan fingerprint density at radius 1 is 1.17 bits per heavy atom. The third kappa shape index (κ3) is 6.69. The molecule has 1 spiro atoms. The molecule has 3 aliphatic heterocycles. The fourth-order valence-corrected chi connectivity index (χ4v) is 7.66. The molecule has 0 radical (unpaired) electrons. The van der Waals surface area contributed by atoms with Crippen LogP contribution in [0.4, 0.5) is 5.69 Å². The quantitative estimate of drug-likeness (QED) is 0.221. The first-order valence-electron chi connectivity index (χ1n) is 16.8. The van der Waals surface area contributed by atoms with Crippen molar-refractivity contribution in [1.29, 1.82) is 0 Å². The van der Waals surface area contributed by atoms with Crippen LogP contribution in [-0.2, 0) is 35.1 Å². The zero-order chi connectivity index (χ0) is 34.6. The predicted molar refractivity (Wildman–Crippen MR) is 182 cm³/mol. The number of aliphatic hydroxyl groups is 1. The fraction of sp³-hybridized carbons (Fsp3) is 0.474. The van der Waals surface area contributed by atoms with Crippen LogP contribution in [0.25, 0.3) is 0 Å². The van der Waals surface area contributed by atoms with Crippen molar-refractivity contribution < 1.29 is 33.8 Å². The summed E-state index contributed by atoms with van der Waals surface area (Å²) in [6.45, 7) is 13.0. The molecular weight excluding hydrogens is 610 g/mol. The van der Waals surface area contributed by atoms with Crippen LogP contribution < -0.4 is 10.2 Å². The van der Waals surface area contributed by atoms with Gasteiger partial charge >= 0.3 is 5.97 Å². The summed E-state index contributed by atoms with van der Waals surface area (Å²) in [7, 11) is 0. The number of fused-ring (bicyclic) bond motifs is 1. The number of hydrogen-bond acceptors (Lipinski definition) is 7. The van der Waals surface area contributed by atoms with Gasteiger partial charge in [0.1, 0.15) is 17.7 Å². The Hall–Kier alpha value is -4.28. The predicted octanol–water partition coefficient (Wildman–Crippen LogP) is 3.81. The molecule has 0 saturated carbocycles. The second-order valence-electron chi connectivity index (χ2n) is 13.2. The third-order valence-corrected chi connectivity index (χ3v) is 9.88. The van der Waals surface area contributed by atoms with Crippen LogP contribution in [0.15, 0.2) is 73.8 Å². The number of amides is 3. The molecule has 5 rings (SSSR count). The van der Waals surface area contributed by atoms with Gasteiger partial charge in [-0.3, -0.25) is 19.2 Å². The number of hydrogen-bond donors (Lipinski definition) is 2. The van der Waals surface area contributed by atoms with E-state index in [1.807, 2.05) is 62.4 Å². The highest BCUT2D eigenvalue weighted by molar-refractivity contribution is 6.05. The lowest BCUT2D eigenvalue weighted by Crippen LogP contribution is -2.59. The van der Waals surface area contributed by atoms with Crippen molar-refractivity contribution in [3.05, 3.63) is 90.5 Å². The monoisotopic (exact) mass is 657 g/mol. The van der Waals surface area contributed by atoms with Gasteiger partial charge in [0, 0.05) is 18.7 Å². The number of aryl methyl sites for hydroxylation is 2. The zero-order valence-electron chi connectivity index (χ0n) is 28.1. The van der Waals surface area contributed by atoms with Crippen LogP contribution in [0.5, 0.6) is 0 Å². The van der Waals surface area contributed by atoms with E-state index in [1.165, 1.54) is 4.90 Å². The zero-order valence-corrected chi connectivity index (χ0v) is 28.1. The Morgan fingerprint density at radius 2 is 1.92 bits per heavy atom. The Morgan fingerprint density at radius 3 is 2.60 bits per heavy atom. The minimum atomic E-state index is -1.29. The number of nitrogens with zero attached hydrogens (tertiary/aromatic N) is 2. The average Bonchev–Trinajstić information content (AvgIpc) is 3.73. The van der Waals surface area contributed by atoms with Crippen LogP contribution in [0, 0.1) is 25.7 Å². The number of ether oxygens (including phenoxy) is 2. The summed E-state index contributed by atoms with van der Waals surface area (Å²) in [6.07, 6.45) is 4.06. The van der Waals surface area contributed by atoms with E-state index < -0.39 is 53.6 Å². The van der Waals surface area contributed by atoms with Crippen LogP contribution in [-0.4, -0.2) is 83.3 Å². The Bertz CT molecular complexity index is 1540. The SMILES string of the molecule is C=CCCC(=O)NC[C@H](C)OC(=O)[C@@H]1[C@@H]2CC[C@]3(O2)[C@H](C(=O)N(CC=C)c2cc(C)ccc2C)N([C@@H](CO)Cc2ccccc2)C(=O)[C@@H]13. The molecule has 2 aromatic rings. The molecule has 48 heavy (non-hydrogen) atoms. The van der Waals surface area contributed by atoms with Crippen molar-refractivity contribution >= 4 is 29.4 Å². The molecule has 0 aliphatic carbocycles. The van der Waals surface area contributed by atoms with E-state index in [4.69, 9.17) is 9.47 Å². The standard InChI is InChI=1S/C38H47N3O7/c1-6-8-14-31(43)39-22-26(5)47-37(46)32-30-17-18-38(48-30)33(32)35(44)41(28(23-42)21-27-12-10-9-11-13-27)34(38)36(45)40(19-7-2)29-20-24(3)15-16-25(29)4/h6-7,9-13,15-16,20,26,28,30,32-34,42H,1-2,8,14,17-19,21-23H2,3-5H3,(H,39,43)/t26-,28+,30-,32+,33+,34-,38+/m0/s1. The maximum Gasteiger partial charge on any atom is 0.312 e. The highest BCUT2D eigenvalue weighted by atomic mass is 16.6. The Kier molecular flexibility index (Phi) is 10.9. The molecule has 256 valence electrons. The molecule has 7 atom stereocenters. The lowest BCUT2D eigenvalue weighted by molar-refractivity contribution is -0.159. The molecule has 3 aliphatic rings. The number of likely N-dealkylation sites (tertiary alicyclic amines) is 1. The van der Waals surface area contributed by atoms with E-state index in [2.05, 4.69) is 18.5 Å². The van der Waals surface area contributed by atoms with Crippen molar-refractivity contribution in [2.45, 2.75) is 82.8 Å². The molecule has 10 heteroatoms. The Labute approximate surface area is 282 Å². The van der Waals surface area contributed by atoms with Gasteiger partial charge in [-0.15, -0.1) is 13.2 Å². The van der Waals surface area contributed by atoms with Crippen LogP contribution in [0.1, 0.15) is 49.3 Å². The number of esters is 1. The highest BCUT2D eigenvalue weighted by Crippen LogP contribution is 2.59. The lowest BCUT2D eigenvalue weighted by atomic mass is 9.70. The van der Waals surface area contributed by atoms with Gasteiger partial charge in [-0.25, -0.2) is 0 Å². The van der Waals surface area contributed by atoms with Crippen molar-refractivity contribution in [1.82, 2.24) is 10.2 Å². The Balaban J connectivity index is 1.50. The lowest BCUT2D eigenvalue weighted by Gasteiger charge is -2.39. The maximum atomic E-state index is 15.0. The normalized spacial score (nSPS) is 25.2. The van der Waals surface area contributed by atoms with Crippen LogP contribution in [0.2, 0.25) is 0 Å². The van der Waals surface area contributed by atoms with Gasteiger partial charge in [-0.05, 0) is 69.2 Å². The summed E-state index contributed by atoms with van der Waals surface area (Å²) in [5.74, 6) is -3.43. The van der Waals surface area contributed by atoms with E-state index in [-0.39, 0.29) is 37.9 Å². The summed E-state index contributed by atoms with van der Waals surface area (Å²) < 4.78 is 12.5. The van der Waals surface area contributed by atoms with E-state index in [0.717, 1.165) is 16.7 Å². The molecule has 2 bridgehead atoms. The highest BCUT2D eigenvalue weighted by Gasteiger charge is 2.75. The van der Waals surface area contributed by atoms with E-state index in [0.29, 0.717) is 31.4 Å². The first kappa shape index (κ1) is 35.0. The average molecular weight is 658 g/mol. The van der Waals surface area contributed by atoms with Gasteiger partial charge in [0.05, 0.1) is 37.1 Å². The van der Waals surface area contributed by atoms with Crippen LogP contribution >= 0.6 is 0 Å². The molecule has 2 aromatic carbocycles.